The van der Waals surface area contributed by atoms with Crippen molar-refractivity contribution in [2.45, 2.75) is 52.5 Å². The molecule has 1 aliphatic rings. The highest BCUT2D eigenvalue weighted by Crippen LogP contribution is 2.23. The lowest BCUT2D eigenvalue weighted by Gasteiger charge is -2.27. The molecule has 2 heterocycles. The number of fused-ring (bicyclic) bond motifs is 1. The molecule has 1 amide bonds. The fourth-order valence-corrected chi connectivity index (χ4v) is 4.03. The standard InChI is InChI=1S/C19H32N4OS.HI/c1-4-6-7-15(5-2)12-21-19(20-3)22-13-18(24)23-10-8-17-16(14-23)9-11-25-17;/h9,11,15H,4-8,10,12-14H2,1-3H3,(H2,20,21,22);1H. The Bertz CT molecular complexity index is 576. The number of unbranched alkanes of at least 4 members (excludes halogenated alkanes) is 1. The Balaban J connectivity index is 0.00000338. The maximum atomic E-state index is 12.5. The monoisotopic (exact) mass is 492 g/mol. The maximum absolute atomic E-state index is 12.5. The molecule has 2 rings (SSSR count). The first-order valence-electron chi connectivity index (χ1n) is 9.45. The van der Waals surface area contributed by atoms with Gasteiger partial charge in [0.15, 0.2) is 5.96 Å². The second-order valence-corrected chi connectivity index (χ2v) is 7.66. The summed E-state index contributed by atoms with van der Waals surface area (Å²) in [5.41, 5.74) is 1.30. The minimum absolute atomic E-state index is 0. The van der Waals surface area contributed by atoms with Crippen molar-refractivity contribution in [1.29, 1.82) is 0 Å². The number of carbonyl (C=O) groups excluding carboxylic acids is 1. The van der Waals surface area contributed by atoms with Gasteiger partial charge in [0.05, 0.1) is 6.54 Å². The molecule has 0 saturated carbocycles. The second-order valence-electron chi connectivity index (χ2n) is 6.66. The molecule has 0 aromatic carbocycles. The summed E-state index contributed by atoms with van der Waals surface area (Å²) in [6.45, 7) is 7.22. The molecule has 1 aliphatic heterocycles. The van der Waals surface area contributed by atoms with E-state index >= 15 is 0 Å². The Kier molecular flexibility index (Phi) is 11.2. The zero-order chi connectivity index (χ0) is 18.1. The molecule has 5 nitrogen and oxygen atoms in total. The lowest BCUT2D eigenvalue weighted by molar-refractivity contribution is -0.130. The summed E-state index contributed by atoms with van der Waals surface area (Å²) in [5, 5.41) is 8.66. The van der Waals surface area contributed by atoms with Crippen LogP contribution in [0.2, 0.25) is 0 Å². The first-order chi connectivity index (χ1) is 12.2. The van der Waals surface area contributed by atoms with Crippen LogP contribution in [-0.4, -0.2) is 43.4 Å². The zero-order valence-electron chi connectivity index (χ0n) is 16.2. The van der Waals surface area contributed by atoms with Crippen molar-refractivity contribution in [3.8, 4) is 0 Å². The van der Waals surface area contributed by atoms with E-state index in [0.29, 0.717) is 12.5 Å². The summed E-state index contributed by atoms with van der Waals surface area (Å²) >= 11 is 1.80. The highest BCUT2D eigenvalue weighted by Gasteiger charge is 2.21. The van der Waals surface area contributed by atoms with Crippen molar-refractivity contribution in [2.24, 2.45) is 10.9 Å². The summed E-state index contributed by atoms with van der Waals surface area (Å²) < 4.78 is 0. The Morgan fingerprint density at radius 2 is 2.19 bits per heavy atom. The minimum atomic E-state index is 0. The van der Waals surface area contributed by atoms with E-state index in [4.69, 9.17) is 0 Å². The van der Waals surface area contributed by atoms with E-state index in [1.165, 1.54) is 36.1 Å². The van der Waals surface area contributed by atoms with Crippen LogP contribution in [0.25, 0.3) is 0 Å². The van der Waals surface area contributed by atoms with E-state index in [2.05, 4.69) is 40.9 Å². The summed E-state index contributed by atoms with van der Waals surface area (Å²) in [6.07, 6.45) is 5.89. The predicted molar refractivity (Wildman–Crippen MR) is 122 cm³/mol. The Labute approximate surface area is 179 Å². The molecule has 0 spiro atoms. The molecular weight excluding hydrogens is 459 g/mol. The molecule has 0 fully saturated rings. The summed E-state index contributed by atoms with van der Waals surface area (Å²) in [5.74, 6) is 1.52. The van der Waals surface area contributed by atoms with Crippen LogP contribution in [-0.2, 0) is 17.8 Å². The van der Waals surface area contributed by atoms with Crippen LogP contribution in [0.3, 0.4) is 0 Å². The van der Waals surface area contributed by atoms with Crippen LogP contribution in [0.5, 0.6) is 0 Å². The number of halogens is 1. The molecule has 1 aromatic rings. The number of amides is 1. The van der Waals surface area contributed by atoms with Gasteiger partial charge in [-0.3, -0.25) is 9.79 Å². The van der Waals surface area contributed by atoms with Crippen LogP contribution >= 0.6 is 35.3 Å². The Hall–Kier alpha value is -0.830. The number of guanidine groups is 1. The molecule has 148 valence electrons. The topological polar surface area (TPSA) is 56.7 Å². The third-order valence-electron chi connectivity index (χ3n) is 4.89. The molecular formula is C19H33IN4OS. The third kappa shape index (κ3) is 7.06. The van der Waals surface area contributed by atoms with Crippen LogP contribution in [0.1, 0.15) is 50.0 Å². The Morgan fingerprint density at radius 3 is 2.88 bits per heavy atom. The SMILES string of the molecule is CCCCC(CC)CNC(=NC)NCC(=O)N1CCc2sccc2C1.I. The highest BCUT2D eigenvalue weighted by molar-refractivity contribution is 14.0. The molecule has 1 aromatic heterocycles. The smallest absolute Gasteiger partial charge is 0.242 e. The number of carbonyl (C=O) groups is 1. The van der Waals surface area contributed by atoms with Crippen molar-refractivity contribution >= 4 is 47.2 Å². The number of nitrogens with zero attached hydrogens (tertiary/aromatic N) is 2. The zero-order valence-corrected chi connectivity index (χ0v) is 19.4. The van der Waals surface area contributed by atoms with E-state index in [-0.39, 0.29) is 29.9 Å². The lowest BCUT2D eigenvalue weighted by atomic mass is 9.99. The normalized spacial score (nSPS) is 15.0. The van der Waals surface area contributed by atoms with E-state index in [9.17, 15) is 4.79 Å². The molecule has 1 atom stereocenters. The summed E-state index contributed by atoms with van der Waals surface area (Å²) in [6, 6.07) is 2.13. The van der Waals surface area contributed by atoms with Gasteiger partial charge in [-0.15, -0.1) is 35.3 Å². The first kappa shape index (κ1) is 23.2. The minimum Gasteiger partial charge on any atom is -0.356 e. The van der Waals surface area contributed by atoms with Gasteiger partial charge in [0.2, 0.25) is 5.91 Å². The van der Waals surface area contributed by atoms with Gasteiger partial charge in [-0.05, 0) is 35.8 Å². The quantitative estimate of drug-likeness (QED) is 0.331. The van der Waals surface area contributed by atoms with Gasteiger partial charge in [-0.1, -0.05) is 33.1 Å². The number of hydrogen-bond acceptors (Lipinski definition) is 3. The largest absolute Gasteiger partial charge is 0.356 e. The van der Waals surface area contributed by atoms with E-state index < -0.39 is 0 Å². The predicted octanol–water partition coefficient (Wildman–Crippen LogP) is 3.63. The van der Waals surface area contributed by atoms with Crippen LogP contribution in [0, 0.1) is 5.92 Å². The first-order valence-corrected chi connectivity index (χ1v) is 10.3. The number of nitrogens with one attached hydrogen (secondary N) is 2. The number of thiophene rings is 1. The molecule has 7 heteroatoms. The maximum Gasteiger partial charge on any atom is 0.242 e. The summed E-state index contributed by atoms with van der Waals surface area (Å²) in [7, 11) is 1.76. The fraction of sp³-hybridized carbons (Fsp3) is 0.684. The van der Waals surface area contributed by atoms with Gasteiger partial charge in [0.25, 0.3) is 0 Å². The van der Waals surface area contributed by atoms with Crippen LogP contribution < -0.4 is 10.6 Å². The van der Waals surface area contributed by atoms with E-state index in [0.717, 1.165) is 32.0 Å². The van der Waals surface area contributed by atoms with Gasteiger partial charge < -0.3 is 15.5 Å². The average Bonchev–Trinajstić information content (AvgIpc) is 3.11. The lowest BCUT2D eigenvalue weighted by Crippen LogP contribution is -2.46. The second kappa shape index (κ2) is 12.5. The molecule has 26 heavy (non-hydrogen) atoms. The van der Waals surface area contributed by atoms with Crippen molar-refractivity contribution in [1.82, 2.24) is 15.5 Å². The Morgan fingerprint density at radius 1 is 1.38 bits per heavy atom. The van der Waals surface area contributed by atoms with Crippen molar-refractivity contribution in [2.75, 3.05) is 26.7 Å². The fourth-order valence-electron chi connectivity index (χ4n) is 3.14. The third-order valence-corrected chi connectivity index (χ3v) is 5.92. The number of rotatable bonds is 8. The molecule has 0 radical (unpaired) electrons. The number of aliphatic imine (C=N–C) groups is 1. The average molecular weight is 492 g/mol. The van der Waals surface area contributed by atoms with Gasteiger partial charge in [-0.25, -0.2) is 0 Å². The highest BCUT2D eigenvalue weighted by atomic mass is 127. The molecule has 2 N–H and O–H groups in total. The number of hydrogen-bond donors (Lipinski definition) is 2. The molecule has 1 unspecified atom stereocenters. The van der Waals surface area contributed by atoms with Crippen LogP contribution in [0.4, 0.5) is 0 Å². The summed E-state index contributed by atoms with van der Waals surface area (Å²) in [4.78, 5) is 20.1. The van der Waals surface area contributed by atoms with Crippen LogP contribution in [0.15, 0.2) is 16.4 Å². The molecule has 0 aliphatic carbocycles. The molecule has 0 bridgehead atoms. The van der Waals surface area contributed by atoms with Crippen molar-refractivity contribution in [3.05, 3.63) is 21.9 Å². The van der Waals surface area contributed by atoms with Crippen molar-refractivity contribution < 1.29 is 4.79 Å². The van der Waals surface area contributed by atoms with Gasteiger partial charge in [0.1, 0.15) is 0 Å². The van der Waals surface area contributed by atoms with Gasteiger partial charge >= 0.3 is 0 Å². The molecule has 0 saturated heterocycles. The van der Waals surface area contributed by atoms with E-state index in [1.54, 1.807) is 18.4 Å². The van der Waals surface area contributed by atoms with Crippen molar-refractivity contribution in [3.63, 3.8) is 0 Å². The van der Waals surface area contributed by atoms with E-state index in [1.807, 2.05) is 4.90 Å². The van der Waals surface area contributed by atoms with Gasteiger partial charge in [0, 0.05) is 31.6 Å². The van der Waals surface area contributed by atoms with Gasteiger partial charge in [-0.2, -0.15) is 0 Å².